The quantitative estimate of drug-likeness (QED) is 0.856. The second-order valence-corrected chi connectivity index (χ2v) is 6.30. The summed E-state index contributed by atoms with van der Waals surface area (Å²) < 4.78 is 28.5. The number of ether oxygens (including phenoxy) is 1. The van der Waals surface area contributed by atoms with Gasteiger partial charge in [-0.15, -0.1) is 0 Å². The first-order valence-electron chi connectivity index (χ1n) is 7.49. The van der Waals surface area contributed by atoms with Crippen LogP contribution in [0.4, 0.5) is 20.4 Å². The third-order valence-corrected chi connectivity index (χ3v) is 4.40. The molecule has 3 heterocycles. The van der Waals surface area contributed by atoms with Crippen molar-refractivity contribution in [3.63, 3.8) is 0 Å². The predicted octanol–water partition coefficient (Wildman–Crippen LogP) is 2.64. The van der Waals surface area contributed by atoms with E-state index < -0.39 is 6.61 Å². The van der Waals surface area contributed by atoms with Crippen molar-refractivity contribution in [3.8, 4) is 5.75 Å². The first kappa shape index (κ1) is 16.7. The lowest BCUT2D eigenvalue weighted by Crippen LogP contribution is -2.33. The lowest BCUT2D eigenvalue weighted by molar-refractivity contribution is -0.0500. The molecule has 1 saturated heterocycles. The lowest BCUT2D eigenvalue weighted by atomic mass is 10.3. The first-order chi connectivity index (χ1) is 11.7. The molecular formula is C15H17F2N5OS. The van der Waals surface area contributed by atoms with Crippen LogP contribution in [0.2, 0.25) is 0 Å². The molecule has 0 spiro atoms. The van der Waals surface area contributed by atoms with Gasteiger partial charge in [0.25, 0.3) is 0 Å². The van der Waals surface area contributed by atoms with Gasteiger partial charge in [0.15, 0.2) is 0 Å². The fourth-order valence-corrected chi connectivity index (χ4v) is 3.18. The smallest absolute Gasteiger partial charge is 0.387 e. The van der Waals surface area contributed by atoms with E-state index in [9.17, 15) is 8.78 Å². The number of pyridine rings is 1. The molecular weight excluding hydrogens is 336 g/mol. The van der Waals surface area contributed by atoms with Gasteiger partial charge in [-0.05, 0) is 12.1 Å². The Hall–Kier alpha value is -2.16. The van der Waals surface area contributed by atoms with E-state index in [0.29, 0.717) is 18.1 Å². The van der Waals surface area contributed by atoms with Crippen LogP contribution in [0.1, 0.15) is 5.69 Å². The van der Waals surface area contributed by atoms with Crippen LogP contribution in [0.15, 0.2) is 30.7 Å². The summed E-state index contributed by atoms with van der Waals surface area (Å²) in [4.78, 5) is 14.8. The van der Waals surface area contributed by atoms with Crippen LogP contribution in [-0.2, 0) is 6.54 Å². The van der Waals surface area contributed by atoms with Gasteiger partial charge >= 0.3 is 6.61 Å². The molecule has 128 valence electrons. The van der Waals surface area contributed by atoms with E-state index in [1.165, 1.54) is 18.6 Å². The Balaban J connectivity index is 1.58. The molecule has 1 N–H and O–H groups in total. The number of nitrogens with one attached hydrogen (secondary N) is 1. The minimum atomic E-state index is -2.84. The zero-order valence-electron chi connectivity index (χ0n) is 12.9. The number of rotatable bonds is 6. The zero-order valence-corrected chi connectivity index (χ0v) is 13.7. The van der Waals surface area contributed by atoms with Crippen LogP contribution in [-0.4, -0.2) is 46.2 Å². The molecule has 0 aliphatic carbocycles. The van der Waals surface area contributed by atoms with Crippen LogP contribution in [0, 0.1) is 0 Å². The molecule has 1 fully saturated rings. The summed E-state index contributed by atoms with van der Waals surface area (Å²) in [7, 11) is 0. The van der Waals surface area contributed by atoms with Crippen LogP contribution < -0.4 is 15.0 Å². The van der Waals surface area contributed by atoms with Crippen molar-refractivity contribution in [3.05, 3.63) is 36.4 Å². The largest absolute Gasteiger partial charge is 0.433 e. The Morgan fingerprint density at radius 1 is 1.21 bits per heavy atom. The Labute approximate surface area is 142 Å². The standard InChI is InChI=1S/C15H17F2N5OS/c16-15(17)23-12-2-1-11(18-9-12)8-19-13-7-14(21-10-20-13)22-3-5-24-6-4-22/h1-2,7,9-10,15H,3-6,8H2,(H,19,20,21). The summed E-state index contributed by atoms with van der Waals surface area (Å²) in [6.45, 7) is -0.451. The summed E-state index contributed by atoms with van der Waals surface area (Å²) in [6.07, 6.45) is 2.81. The highest BCUT2D eigenvalue weighted by Crippen LogP contribution is 2.19. The monoisotopic (exact) mass is 353 g/mol. The molecule has 1 aliphatic heterocycles. The Kier molecular flexibility index (Phi) is 5.63. The molecule has 0 aromatic carbocycles. The number of alkyl halides is 2. The van der Waals surface area contributed by atoms with Crippen LogP contribution in [0.5, 0.6) is 5.75 Å². The van der Waals surface area contributed by atoms with Crippen LogP contribution in [0.3, 0.4) is 0 Å². The van der Waals surface area contributed by atoms with Crippen molar-refractivity contribution in [2.45, 2.75) is 13.2 Å². The Bertz CT molecular complexity index is 653. The molecule has 9 heteroatoms. The van der Waals surface area contributed by atoms with Crippen molar-refractivity contribution in [1.29, 1.82) is 0 Å². The average molecular weight is 353 g/mol. The number of thioether (sulfide) groups is 1. The topological polar surface area (TPSA) is 63.2 Å². The van der Waals surface area contributed by atoms with Gasteiger partial charge in [0.2, 0.25) is 0 Å². The van der Waals surface area contributed by atoms with Crippen molar-refractivity contribution in [1.82, 2.24) is 15.0 Å². The van der Waals surface area contributed by atoms with Crippen molar-refractivity contribution in [2.75, 3.05) is 34.8 Å². The number of nitrogens with zero attached hydrogens (tertiary/aromatic N) is 4. The summed E-state index contributed by atoms with van der Waals surface area (Å²) >= 11 is 1.94. The number of hydrogen-bond acceptors (Lipinski definition) is 7. The second kappa shape index (κ2) is 8.09. The van der Waals surface area contributed by atoms with Gasteiger partial charge in [-0.3, -0.25) is 4.98 Å². The summed E-state index contributed by atoms with van der Waals surface area (Å²) in [5, 5.41) is 3.17. The fraction of sp³-hybridized carbons (Fsp3) is 0.400. The number of hydrogen-bond donors (Lipinski definition) is 1. The molecule has 1 aliphatic rings. The van der Waals surface area contributed by atoms with Gasteiger partial charge in [-0.2, -0.15) is 20.5 Å². The van der Waals surface area contributed by atoms with E-state index in [2.05, 4.69) is 29.9 Å². The van der Waals surface area contributed by atoms with Crippen LogP contribution >= 0.6 is 11.8 Å². The highest BCUT2D eigenvalue weighted by Gasteiger charge is 2.13. The van der Waals surface area contributed by atoms with Gasteiger partial charge in [0.05, 0.1) is 18.4 Å². The molecule has 0 amide bonds. The molecule has 6 nitrogen and oxygen atoms in total. The fourth-order valence-electron chi connectivity index (χ4n) is 2.28. The first-order valence-corrected chi connectivity index (χ1v) is 8.64. The third kappa shape index (κ3) is 4.67. The molecule has 2 aromatic heterocycles. The Morgan fingerprint density at radius 2 is 2.04 bits per heavy atom. The molecule has 0 bridgehead atoms. The van der Waals surface area contributed by atoms with Gasteiger partial charge in [0.1, 0.15) is 23.7 Å². The van der Waals surface area contributed by atoms with Crippen molar-refractivity contribution in [2.24, 2.45) is 0 Å². The Morgan fingerprint density at radius 3 is 2.75 bits per heavy atom. The predicted molar refractivity (Wildman–Crippen MR) is 89.8 cm³/mol. The minimum absolute atomic E-state index is 0.0426. The molecule has 0 saturated carbocycles. The van der Waals surface area contributed by atoms with E-state index in [-0.39, 0.29) is 5.75 Å². The second-order valence-electron chi connectivity index (χ2n) is 5.08. The van der Waals surface area contributed by atoms with Crippen LogP contribution in [0.25, 0.3) is 0 Å². The normalized spacial score (nSPS) is 14.7. The van der Waals surface area contributed by atoms with Gasteiger partial charge in [0, 0.05) is 30.7 Å². The van der Waals surface area contributed by atoms with Crippen molar-refractivity contribution < 1.29 is 13.5 Å². The number of halogens is 2. The molecule has 3 rings (SSSR count). The summed E-state index contributed by atoms with van der Waals surface area (Å²) in [5.41, 5.74) is 0.700. The number of anilines is 2. The zero-order chi connectivity index (χ0) is 16.8. The van der Waals surface area contributed by atoms with E-state index in [1.54, 1.807) is 6.07 Å². The molecule has 2 aromatic rings. The third-order valence-electron chi connectivity index (χ3n) is 3.46. The lowest BCUT2D eigenvalue weighted by Gasteiger charge is -2.27. The van der Waals surface area contributed by atoms with Gasteiger partial charge < -0.3 is 15.0 Å². The minimum Gasteiger partial charge on any atom is -0.433 e. The van der Waals surface area contributed by atoms with E-state index in [1.807, 2.05) is 17.8 Å². The highest BCUT2D eigenvalue weighted by atomic mass is 32.2. The number of aromatic nitrogens is 3. The maximum atomic E-state index is 12.1. The van der Waals surface area contributed by atoms with Gasteiger partial charge in [-0.1, -0.05) is 0 Å². The van der Waals surface area contributed by atoms with Gasteiger partial charge in [-0.25, -0.2) is 9.97 Å². The van der Waals surface area contributed by atoms with E-state index >= 15 is 0 Å². The van der Waals surface area contributed by atoms with E-state index in [0.717, 1.165) is 30.4 Å². The maximum Gasteiger partial charge on any atom is 0.387 e. The molecule has 0 radical (unpaired) electrons. The maximum absolute atomic E-state index is 12.1. The van der Waals surface area contributed by atoms with E-state index in [4.69, 9.17) is 0 Å². The highest BCUT2D eigenvalue weighted by molar-refractivity contribution is 7.99. The van der Waals surface area contributed by atoms with Crippen molar-refractivity contribution >= 4 is 23.4 Å². The average Bonchev–Trinajstić information content (AvgIpc) is 2.62. The molecule has 24 heavy (non-hydrogen) atoms. The summed E-state index contributed by atoms with van der Waals surface area (Å²) in [6, 6.07) is 5.01. The SMILES string of the molecule is FC(F)Oc1ccc(CNc2cc(N3CCSCC3)ncn2)nc1. The molecule has 0 unspecified atom stereocenters. The summed E-state index contributed by atoms with van der Waals surface area (Å²) in [5.74, 6) is 3.85. The molecule has 0 atom stereocenters.